The lowest BCUT2D eigenvalue weighted by molar-refractivity contribution is 0.123. The Morgan fingerprint density at radius 1 is 1.26 bits per heavy atom. The highest BCUT2D eigenvalue weighted by molar-refractivity contribution is 7.89. The van der Waals surface area contributed by atoms with E-state index in [2.05, 4.69) is 19.9 Å². The average Bonchev–Trinajstić information content (AvgIpc) is 3.13. The topological polar surface area (TPSA) is 102 Å². The fourth-order valence-corrected chi connectivity index (χ4v) is 5.67. The summed E-state index contributed by atoms with van der Waals surface area (Å²) in [5.74, 6) is 0. The van der Waals surface area contributed by atoms with Crippen LogP contribution in [-0.2, 0) is 14.8 Å². The van der Waals surface area contributed by atoms with Crippen molar-refractivity contribution in [1.82, 2.24) is 24.3 Å². The molecular weight excluding hydrogens is 450 g/mol. The van der Waals surface area contributed by atoms with Crippen LogP contribution in [0.2, 0.25) is 0 Å². The highest BCUT2D eigenvalue weighted by Crippen LogP contribution is 2.37. The van der Waals surface area contributed by atoms with Gasteiger partial charge in [-0.1, -0.05) is 11.3 Å². The lowest BCUT2D eigenvalue weighted by atomic mass is 10.3. The predicted octanol–water partition coefficient (Wildman–Crippen LogP) is 2.46. The number of alkyl halides is 2. The average molecular weight is 471 g/mol. The maximum atomic E-state index is 13.1. The number of anilines is 1. The standard InChI is InChI=1S/C18H20F2N6O3S2/c1-18(2-3-18)24-31(27,28)11-8-12(25-4-6-29-7-5-25)15-21-9-13(26(15)10-11)16-22-23-17(30-16)14(19)20/h8-10,14,24H,2-7H2,1H3. The largest absolute Gasteiger partial charge is 0.378 e. The first-order valence-electron chi connectivity index (χ1n) is 9.75. The monoisotopic (exact) mass is 470 g/mol. The van der Waals surface area contributed by atoms with Gasteiger partial charge in [-0.25, -0.2) is 26.9 Å². The summed E-state index contributed by atoms with van der Waals surface area (Å²) in [7, 11) is -3.80. The first-order valence-corrected chi connectivity index (χ1v) is 12.1. The normalized spacial score (nSPS) is 18.8. The van der Waals surface area contributed by atoms with Gasteiger partial charge in [0.2, 0.25) is 10.0 Å². The summed E-state index contributed by atoms with van der Waals surface area (Å²) in [6.45, 7) is 4.06. The van der Waals surface area contributed by atoms with Crippen molar-refractivity contribution in [1.29, 1.82) is 0 Å². The van der Waals surface area contributed by atoms with Gasteiger partial charge < -0.3 is 9.64 Å². The molecule has 0 unspecified atom stereocenters. The van der Waals surface area contributed by atoms with E-state index in [-0.39, 0.29) is 9.90 Å². The number of imidazole rings is 1. The van der Waals surface area contributed by atoms with Crippen LogP contribution in [0.4, 0.5) is 14.5 Å². The second-order valence-corrected chi connectivity index (χ2v) is 10.6. The van der Waals surface area contributed by atoms with Crippen molar-refractivity contribution in [3.8, 4) is 10.7 Å². The van der Waals surface area contributed by atoms with Gasteiger partial charge in [0.1, 0.15) is 10.6 Å². The van der Waals surface area contributed by atoms with Crippen molar-refractivity contribution < 1.29 is 21.9 Å². The van der Waals surface area contributed by atoms with Crippen molar-refractivity contribution in [2.45, 2.75) is 36.6 Å². The quantitative estimate of drug-likeness (QED) is 0.591. The number of nitrogens with one attached hydrogen (secondary N) is 1. The lowest BCUT2D eigenvalue weighted by Gasteiger charge is -2.29. The molecule has 0 amide bonds. The van der Waals surface area contributed by atoms with Gasteiger partial charge in [-0.3, -0.25) is 4.40 Å². The first-order chi connectivity index (χ1) is 14.8. The van der Waals surface area contributed by atoms with Crippen LogP contribution < -0.4 is 9.62 Å². The minimum Gasteiger partial charge on any atom is -0.378 e. The summed E-state index contributed by atoms with van der Waals surface area (Å²) < 4.78 is 62.0. The van der Waals surface area contributed by atoms with Crippen LogP contribution in [0.5, 0.6) is 0 Å². The number of morpholine rings is 1. The van der Waals surface area contributed by atoms with E-state index in [4.69, 9.17) is 4.74 Å². The zero-order valence-electron chi connectivity index (χ0n) is 16.6. The molecule has 9 nitrogen and oxygen atoms in total. The van der Waals surface area contributed by atoms with Gasteiger partial charge in [0, 0.05) is 24.8 Å². The smallest absolute Gasteiger partial charge is 0.291 e. The van der Waals surface area contributed by atoms with Crippen LogP contribution >= 0.6 is 11.3 Å². The van der Waals surface area contributed by atoms with Gasteiger partial charge in [-0.05, 0) is 25.8 Å². The van der Waals surface area contributed by atoms with Crippen LogP contribution in [0.15, 0.2) is 23.4 Å². The molecule has 0 atom stereocenters. The fourth-order valence-electron chi connectivity index (χ4n) is 3.49. The lowest BCUT2D eigenvalue weighted by Crippen LogP contribution is -2.37. The molecule has 3 aromatic heterocycles. The van der Waals surface area contributed by atoms with Crippen molar-refractivity contribution in [3.63, 3.8) is 0 Å². The zero-order valence-corrected chi connectivity index (χ0v) is 18.2. The Hall–Kier alpha value is -2.22. The third-order valence-corrected chi connectivity index (χ3v) is 8.01. The number of sulfonamides is 1. The molecule has 1 N–H and O–H groups in total. The summed E-state index contributed by atoms with van der Waals surface area (Å²) in [5, 5.41) is 7.25. The van der Waals surface area contributed by atoms with Gasteiger partial charge in [-0.2, -0.15) is 0 Å². The second-order valence-electron chi connectivity index (χ2n) is 7.91. The minimum atomic E-state index is -3.80. The van der Waals surface area contributed by atoms with Crippen LogP contribution in [-0.4, -0.2) is 59.8 Å². The molecular formula is C18H20F2N6O3S2. The van der Waals surface area contributed by atoms with Crippen LogP contribution in [0.1, 0.15) is 31.2 Å². The number of rotatable bonds is 6. The Balaban J connectivity index is 1.66. The highest BCUT2D eigenvalue weighted by atomic mass is 32.2. The number of aromatic nitrogens is 4. The van der Waals surface area contributed by atoms with Crippen molar-refractivity contribution in [3.05, 3.63) is 23.5 Å². The summed E-state index contributed by atoms with van der Waals surface area (Å²) in [6, 6.07) is 1.61. The molecule has 13 heteroatoms. The number of ether oxygens (including phenoxy) is 1. The van der Waals surface area contributed by atoms with E-state index in [1.807, 2.05) is 11.8 Å². The Morgan fingerprint density at radius 3 is 2.65 bits per heavy atom. The molecule has 3 aromatic rings. The maximum absolute atomic E-state index is 13.1. The number of pyridine rings is 1. The van der Waals surface area contributed by atoms with Crippen LogP contribution in [0.25, 0.3) is 16.3 Å². The molecule has 1 saturated carbocycles. The number of nitrogens with zero attached hydrogens (tertiary/aromatic N) is 5. The van der Waals surface area contributed by atoms with E-state index >= 15 is 0 Å². The Kier molecular flexibility index (Phi) is 4.95. The summed E-state index contributed by atoms with van der Waals surface area (Å²) in [6.07, 6.45) is 1.79. The highest BCUT2D eigenvalue weighted by Gasteiger charge is 2.41. The van der Waals surface area contributed by atoms with Gasteiger partial charge in [0.25, 0.3) is 6.43 Å². The maximum Gasteiger partial charge on any atom is 0.291 e. The molecule has 166 valence electrons. The minimum absolute atomic E-state index is 0.0764. The summed E-state index contributed by atoms with van der Waals surface area (Å²) in [4.78, 5) is 6.54. The molecule has 0 aromatic carbocycles. The van der Waals surface area contributed by atoms with Crippen LogP contribution in [0, 0.1) is 0 Å². The summed E-state index contributed by atoms with van der Waals surface area (Å²) in [5.41, 5.74) is 1.12. The zero-order chi connectivity index (χ0) is 21.8. The van der Waals surface area contributed by atoms with E-state index < -0.39 is 27.0 Å². The molecule has 1 aliphatic heterocycles. The SMILES string of the molecule is CC1(NS(=O)(=O)c2cc(N3CCOCC3)c3ncc(-c4nnc(C(F)F)s4)n3c2)CC1. The van der Waals surface area contributed by atoms with Crippen molar-refractivity contribution >= 4 is 32.7 Å². The van der Waals surface area contributed by atoms with Crippen molar-refractivity contribution in [2.75, 3.05) is 31.2 Å². The Bertz CT molecular complexity index is 1230. The van der Waals surface area contributed by atoms with E-state index in [0.29, 0.717) is 43.3 Å². The van der Waals surface area contributed by atoms with Gasteiger partial charge in [0.15, 0.2) is 15.7 Å². The van der Waals surface area contributed by atoms with E-state index in [9.17, 15) is 17.2 Å². The molecule has 2 aliphatic rings. The first kappa shape index (κ1) is 20.7. The van der Waals surface area contributed by atoms with E-state index in [1.54, 1.807) is 10.5 Å². The van der Waals surface area contributed by atoms with E-state index in [0.717, 1.165) is 24.2 Å². The second kappa shape index (κ2) is 7.43. The molecule has 0 radical (unpaired) electrons. The molecule has 5 rings (SSSR count). The molecule has 1 saturated heterocycles. The van der Waals surface area contributed by atoms with Gasteiger partial charge in [-0.15, -0.1) is 10.2 Å². The molecule has 0 bridgehead atoms. The molecule has 2 fully saturated rings. The molecule has 4 heterocycles. The third-order valence-electron chi connectivity index (χ3n) is 5.45. The van der Waals surface area contributed by atoms with E-state index in [1.165, 1.54) is 12.4 Å². The van der Waals surface area contributed by atoms with Gasteiger partial charge in [0.05, 0.1) is 25.1 Å². The van der Waals surface area contributed by atoms with Crippen molar-refractivity contribution in [2.24, 2.45) is 0 Å². The Morgan fingerprint density at radius 2 is 2.00 bits per heavy atom. The number of halogens is 2. The summed E-state index contributed by atoms with van der Waals surface area (Å²) >= 11 is 0.757. The van der Waals surface area contributed by atoms with Gasteiger partial charge >= 0.3 is 0 Å². The Labute approximate surface area is 181 Å². The fraction of sp³-hybridized carbons (Fsp3) is 0.500. The van der Waals surface area contributed by atoms with Crippen LogP contribution in [0.3, 0.4) is 0 Å². The number of hydrogen-bond donors (Lipinski definition) is 1. The molecule has 1 aliphatic carbocycles. The molecule has 0 spiro atoms. The molecule has 31 heavy (non-hydrogen) atoms. The number of fused-ring (bicyclic) bond motifs is 1. The third kappa shape index (κ3) is 3.90. The number of hydrogen-bond acceptors (Lipinski definition) is 8. The predicted molar refractivity (Wildman–Crippen MR) is 110 cm³/mol.